The molecule has 1 atom stereocenters. The van der Waals surface area contributed by atoms with Crippen molar-refractivity contribution in [2.45, 2.75) is 77.5 Å². The van der Waals surface area contributed by atoms with Crippen LogP contribution in [-0.4, -0.2) is 48.1 Å². The summed E-state index contributed by atoms with van der Waals surface area (Å²) in [6.45, 7) is 8.36. The van der Waals surface area contributed by atoms with Crippen LogP contribution < -0.4 is 5.32 Å². The van der Waals surface area contributed by atoms with Gasteiger partial charge in [-0.05, 0) is 64.0 Å². The highest BCUT2D eigenvalue weighted by molar-refractivity contribution is 7.21. The van der Waals surface area contributed by atoms with E-state index in [-0.39, 0.29) is 23.9 Å². The summed E-state index contributed by atoms with van der Waals surface area (Å²) in [5.41, 5.74) is 0.214. The molecule has 1 aromatic heterocycles. The monoisotopic (exact) mass is 430 g/mol. The van der Waals surface area contributed by atoms with Crippen molar-refractivity contribution in [1.29, 1.82) is 0 Å². The predicted octanol–water partition coefficient (Wildman–Crippen LogP) is 4.78. The number of hydrogen-bond acceptors (Lipinski definition) is 4. The minimum Gasteiger partial charge on any atom is -0.369 e. The van der Waals surface area contributed by atoms with Crippen LogP contribution in [0.2, 0.25) is 0 Å². The van der Waals surface area contributed by atoms with Crippen LogP contribution in [0.5, 0.6) is 0 Å². The molecule has 1 N–H and O–H groups in total. The van der Waals surface area contributed by atoms with Gasteiger partial charge in [0.2, 0.25) is 0 Å². The molecule has 1 aliphatic heterocycles. The van der Waals surface area contributed by atoms with E-state index < -0.39 is 5.60 Å². The van der Waals surface area contributed by atoms with Gasteiger partial charge in [0.1, 0.15) is 5.60 Å². The van der Waals surface area contributed by atoms with Gasteiger partial charge in [0, 0.05) is 30.4 Å². The molecule has 5 nitrogen and oxygen atoms in total. The van der Waals surface area contributed by atoms with Crippen molar-refractivity contribution in [2.75, 3.05) is 13.7 Å². The van der Waals surface area contributed by atoms with Crippen molar-refractivity contribution in [3.05, 3.63) is 34.7 Å². The number of thiophene rings is 1. The van der Waals surface area contributed by atoms with Crippen LogP contribution in [0.4, 0.5) is 0 Å². The standard InChI is InChI=1S/C24H34N2O3S/c1-16(2)25-22(27)21-19(18-12-8-9-13-20(18)30-21)15-17-11-7-6-10-14-26(17)23(28)24(3,4)29-5/h8-9,12-13,16-17H,6-7,10-11,14-15H2,1-5H3,(H,25,27). The Morgan fingerprint density at radius 1 is 1.23 bits per heavy atom. The Kier molecular flexibility index (Phi) is 7.19. The molecule has 164 valence electrons. The van der Waals surface area contributed by atoms with Crippen molar-refractivity contribution in [3.8, 4) is 0 Å². The Balaban J connectivity index is 1.99. The van der Waals surface area contributed by atoms with Crippen molar-refractivity contribution in [1.82, 2.24) is 10.2 Å². The van der Waals surface area contributed by atoms with Crippen LogP contribution in [0.25, 0.3) is 10.1 Å². The van der Waals surface area contributed by atoms with Crippen LogP contribution in [0.15, 0.2) is 24.3 Å². The van der Waals surface area contributed by atoms with E-state index in [1.807, 2.05) is 44.7 Å². The molecule has 0 aliphatic carbocycles. The smallest absolute Gasteiger partial charge is 0.261 e. The molecule has 2 amide bonds. The second-order valence-corrected chi connectivity index (χ2v) is 10.0. The van der Waals surface area contributed by atoms with Crippen molar-refractivity contribution >= 4 is 33.2 Å². The van der Waals surface area contributed by atoms with Crippen LogP contribution in [0.1, 0.15) is 68.6 Å². The van der Waals surface area contributed by atoms with Gasteiger partial charge >= 0.3 is 0 Å². The molecule has 1 fully saturated rings. The summed E-state index contributed by atoms with van der Waals surface area (Å²) in [6, 6.07) is 8.34. The molecule has 1 aromatic carbocycles. The maximum absolute atomic E-state index is 13.3. The van der Waals surface area contributed by atoms with Gasteiger partial charge in [-0.25, -0.2) is 0 Å². The molecule has 2 heterocycles. The molecule has 0 spiro atoms. The first-order valence-electron chi connectivity index (χ1n) is 10.9. The molecule has 0 radical (unpaired) electrons. The maximum Gasteiger partial charge on any atom is 0.261 e. The van der Waals surface area contributed by atoms with E-state index in [4.69, 9.17) is 4.74 Å². The quantitative estimate of drug-likeness (QED) is 0.718. The summed E-state index contributed by atoms with van der Waals surface area (Å²) in [4.78, 5) is 29.0. The van der Waals surface area contributed by atoms with Gasteiger partial charge < -0.3 is 15.0 Å². The number of benzene rings is 1. The molecule has 0 bridgehead atoms. The lowest BCUT2D eigenvalue weighted by molar-refractivity contribution is -0.153. The van der Waals surface area contributed by atoms with Gasteiger partial charge in [-0.3, -0.25) is 9.59 Å². The van der Waals surface area contributed by atoms with Gasteiger partial charge in [0.15, 0.2) is 0 Å². The average Bonchev–Trinajstić information content (AvgIpc) is 2.91. The fourth-order valence-corrected chi connectivity index (χ4v) is 5.27. The summed E-state index contributed by atoms with van der Waals surface area (Å²) in [5.74, 6) is 0.00883. The summed E-state index contributed by atoms with van der Waals surface area (Å²) in [5, 5.41) is 4.17. The van der Waals surface area contributed by atoms with E-state index in [1.54, 1.807) is 18.4 Å². The third-order valence-electron chi connectivity index (χ3n) is 5.93. The number of ether oxygens (including phenoxy) is 1. The summed E-state index contributed by atoms with van der Waals surface area (Å²) in [6.07, 6.45) is 4.86. The molecule has 1 aliphatic rings. The average molecular weight is 431 g/mol. The lowest BCUT2D eigenvalue weighted by Gasteiger charge is -2.36. The molecule has 30 heavy (non-hydrogen) atoms. The topological polar surface area (TPSA) is 58.6 Å². The predicted molar refractivity (Wildman–Crippen MR) is 123 cm³/mol. The summed E-state index contributed by atoms with van der Waals surface area (Å²) in [7, 11) is 1.59. The van der Waals surface area contributed by atoms with Crippen LogP contribution >= 0.6 is 11.3 Å². The maximum atomic E-state index is 13.3. The first-order chi connectivity index (χ1) is 14.2. The molecule has 1 unspecified atom stereocenters. The Labute approximate surface area is 183 Å². The summed E-state index contributed by atoms with van der Waals surface area (Å²) >= 11 is 1.55. The van der Waals surface area contributed by atoms with E-state index in [9.17, 15) is 9.59 Å². The number of likely N-dealkylation sites (tertiary alicyclic amines) is 1. The Morgan fingerprint density at radius 2 is 1.97 bits per heavy atom. The van der Waals surface area contributed by atoms with Crippen LogP contribution in [-0.2, 0) is 16.0 Å². The highest BCUT2D eigenvalue weighted by Gasteiger charge is 2.36. The minimum absolute atomic E-state index is 0.0232. The molecule has 3 rings (SSSR count). The van der Waals surface area contributed by atoms with E-state index >= 15 is 0 Å². The minimum atomic E-state index is -0.850. The highest BCUT2D eigenvalue weighted by atomic mass is 32.1. The SMILES string of the molecule is COC(C)(C)C(=O)N1CCCCCC1Cc1c(C(=O)NC(C)C)sc2ccccc12. The number of rotatable bonds is 6. The van der Waals surface area contributed by atoms with Gasteiger partial charge in [-0.1, -0.05) is 31.0 Å². The van der Waals surface area contributed by atoms with Crippen molar-refractivity contribution < 1.29 is 14.3 Å². The number of hydrogen-bond donors (Lipinski definition) is 1. The second-order valence-electron chi connectivity index (χ2n) is 8.95. The summed E-state index contributed by atoms with van der Waals surface area (Å²) < 4.78 is 6.62. The number of carbonyl (C=O) groups is 2. The molecular formula is C24H34N2O3S. The molecule has 6 heteroatoms. The van der Waals surface area contributed by atoms with Crippen LogP contribution in [0.3, 0.4) is 0 Å². The van der Waals surface area contributed by atoms with E-state index in [1.165, 1.54) is 0 Å². The normalized spacial score (nSPS) is 17.9. The number of methoxy groups -OCH3 is 1. The zero-order valence-electron chi connectivity index (χ0n) is 18.8. The number of amides is 2. The number of nitrogens with zero attached hydrogens (tertiary/aromatic N) is 1. The number of fused-ring (bicyclic) bond motifs is 1. The molecule has 1 saturated heterocycles. The molecule has 2 aromatic rings. The van der Waals surface area contributed by atoms with E-state index in [0.717, 1.165) is 52.8 Å². The molecular weight excluding hydrogens is 396 g/mol. The fraction of sp³-hybridized carbons (Fsp3) is 0.583. The highest BCUT2D eigenvalue weighted by Crippen LogP contribution is 2.34. The van der Waals surface area contributed by atoms with Crippen molar-refractivity contribution in [3.63, 3.8) is 0 Å². The van der Waals surface area contributed by atoms with Gasteiger partial charge in [-0.2, -0.15) is 0 Å². The van der Waals surface area contributed by atoms with Gasteiger partial charge in [0.05, 0.1) is 4.88 Å². The van der Waals surface area contributed by atoms with Gasteiger partial charge in [-0.15, -0.1) is 11.3 Å². The van der Waals surface area contributed by atoms with Crippen LogP contribution in [0, 0.1) is 0 Å². The first kappa shape index (κ1) is 22.8. The largest absolute Gasteiger partial charge is 0.369 e. The van der Waals surface area contributed by atoms with E-state index in [0.29, 0.717) is 6.42 Å². The Morgan fingerprint density at radius 3 is 2.67 bits per heavy atom. The Bertz CT molecular complexity index is 903. The Hall–Kier alpha value is -1.92. The third-order valence-corrected chi connectivity index (χ3v) is 7.14. The molecule has 0 saturated carbocycles. The van der Waals surface area contributed by atoms with Gasteiger partial charge in [0.25, 0.3) is 11.8 Å². The van der Waals surface area contributed by atoms with Crippen molar-refractivity contribution in [2.24, 2.45) is 0 Å². The second kappa shape index (κ2) is 9.48. The van der Waals surface area contributed by atoms with E-state index in [2.05, 4.69) is 17.4 Å². The zero-order valence-corrected chi connectivity index (χ0v) is 19.6. The fourth-order valence-electron chi connectivity index (χ4n) is 4.14. The number of nitrogens with one attached hydrogen (secondary N) is 1. The third kappa shape index (κ3) is 4.86. The first-order valence-corrected chi connectivity index (χ1v) is 11.7. The lowest BCUT2D eigenvalue weighted by Crippen LogP contribution is -2.51. The number of carbonyl (C=O) groups excluding carboxylic acids is 2. The zero-order chi connectivity index (χ0) is 21.9. The lowest BCUT2D eigenvalue weighted by atomic mass is 9.96.